The highest BCUT2D eigenvalue weighted by atomic mass is 19.1. The van der Waals surface area contributed by atoms with Gasteiger partial charge in [0.1, 0.15) is 24.0 Å². The molecule has 0 aliphatic heterocycles. The Kier molecular flexibility index (Phi) is 3.90. The molecule has 1 N–H and O–H groups in total. The third-order valence-electron chi connectivity index (χ3n) is 2.48. The predicted molar refractivity (Wildman–Crippen MR) is 69.4 cm³/mol. The van der Waals surface area contributed by atoms with Gasteiger partial charge in [0.25, 0.3) is 0 Å². The molecule has 0 aliphatic rings. The van der Waals surface area contributed by atoms with Crippen LogP contribution in [0.3, 0.4) is 0 Å². The molecule has 0 saturated heterocycles. The maximum atomic E-state index is 13.5. The number of aromatic nitrogens is 2. The van der Waals surface area contributed by atoms with E-state index < -0.39 is 16.4 Å². The van der Waals surface area contributed by atoms with Crippen molar-refractivity contribution in [3.05, 3.63) is 46.0 Å². The summed E-state index contributed by atoms with van der Waals surface area (Å²) in [5, 5.41) is 22.2. The largest absolute Gasteiger partial charge is 0.433 e. The van der Waals surface area contributed by atoms with Crippen molar-refractivity contribution in [2.24, 2.45) is 0 Å². The van der Waals surface area contributed by atoms with E-state index in [2.05, 4.69) is 15.3 Å². The fraction of sp³-hybridized carbons (Fsp3) is 0.0833. The van der Waals surface area contributed by atoms with Gasteiger partial charge in [-0.15, -0.1) is 0 Å². The smallest absolute Gasteiger partial charge is 0.373 e. The molecule has 0 fully saturated rings. The molecule has 106 valence electrons. The fourth-order valence-corrected chi connectivity index (χ4v) is 1.55. The lowest BCUT2D eigenvalue weighted by Gasteiger charge is -2.07. The first-order valence-electron chi connectivity index (χ1n) is 5.61. The number of anilines is 1. The normalized spacial score (nSPS) is 9.76. The maximum Gasteiger partial charge on any atom is 0.373 e. The van der Waals surface area contributed by atoms with Gasteiger partial charge in [0.15, 0.2) is 0 Å². The van der Waals surface area contributed by atoms with Gasteiger partial charge in [-0.25, -0.2) is 9.37 Å². The van der Waals surface area contributed by atoms with Crippen molar-refractivity contribution in [2.75, 3.05) is 12.4 Å². The molecule has 1 aromatic carbocycles. The van der Waals surface area contributed by atoms with Crippen LogP contribution < -0.4 is 10.1 Å². The summed E-state index contributed by atoms with van der Waals surface area (Å²) in [5.41, 5.74) is -0.625. The van der Waals surface area contributed by atoms with E-state index in [0.717, 1.165) is 12.4 Å². The van der Waals surface area contributed by atoms with E-state index >= 15 is 0 Å². The molecular formula is C12H8FN5O3. The standard InChI is InChI=1S/C12H8FN5O3/c1-15-11-10(18(19)20)12(17-6-16-11)21-8-3-2-7(5-14)9(13)4-8/h2-4,6H,1H3,(H,15,16,17). The van der Waals surface area contributed by atoms with Crippen LogP contribution in [0.4, 0.5) is 15.9 Å². The van der Waals surface area contributed by atoms with Crippen LogP contribution in [0.15, 0.2) is 24.5 Å². The molecule has 9 heteroatoms. The van der Waals surface area contributed by atoms with Crippen molar-refractivity contribution in [1.29, 1.82) is 5.26 Å². The Balaban J connectivity index is 2.42. The summed E-state index contributed by atoms with van der Waals surface area (Å²) in [6, 6.07) is 5.12. The zero-order valence-electron chi connectivity index (χ0n) is 10.7. The van der Waals surface area contributed by atoms with Crippen molar-refractivity contribution in [2.45, 2.75) is 0 Å². The van der Waals surface area contributed by atoms with Crippen LogP contribution in [0.25, 0.3) is 0 Å². The Morgan fingerprint density at radius 1 is 1.48 bits per heavy atom. The molecule has 0 saturated carbocycles. The van der Waals surface area contributed by atoms with Crippen LogP contribution in [0, 0.1) is 27.3 Å². The highest BCUT2D eigenvalue weighted by Gasteiger charge is 2.24. The molecule has 1 heterocycles. The molecular weight excluding hydrogens is 281 g/mol. The fourth-order valence-electron chi connectivity index (χ4n) is 1.55. The van der Waals surface area contributed by atoms with Crippen molar-refractivity contribution >= 4 is 11.5 Å². The first-order valence-corrected chi connectivity index (χ1v) is 5.61. The van der Waals surface area contributed by atoms with Crippen LogP contribution in [-0.2, 0) is 0 Å². The second kappa shape index (κ2) is 5.79. The monoisotopic (exact) mass is 289 g/mol. The number of nitro groups is 1. The van der Waals surface area contributed by atoms with E-state index in [1.807, 2.05) is 0 Å². The van der Waals surface area contributed by atoms with E-state index in [1.54, 1.807) is 6.07 Å². The summed E-state index contributed by atoms with van der Waals surface area (Å²) in [6.45, 7) is 0. The van der Waals surface area contributed by atoms with Gasteiger partial charge in [-0.05, 0) is 12.1 Å². The highest BCUT2D eigenvalue weighted by Crippen LogP contribution is 2.33. The minimum atomic E-state index is -0.791. The molecule has 1 aromatic heterocycles. The zero-order chi connectivity index (χ0) is 15.4. The average Bonchev–Trinajstić information content (AvgIpc) is 2.46. The molecule has 2 rings (SSSR count). The number of nitriles is 1. The molecule has 0 atom stereocenters. The topological polar surface area (TPSA) is 114 Å². The van der Waals surface area contributed by atoms with Crippen molar-refractivity contribution < 1.29 is 14.1 Å². The lowest BCUT2D eigenvalue weighted by molar-refractivity contribution is -0.385. The number of nitrogens with one attached hydrogen (secondary N) is 1. The number of benzene rings is 1. The third-order valence-corrected chi connectivity index (χ3v) is 2.48. The Morgan fingerprint density at radius 3 is 2.81 bits per heavy atom. The molecule has 21 heavy (non-hydrogen) atoms. The molecule has 0 unspecified atom stereocenters. The molecule has 0 aliphatic carbocycles. The number of halogens is 1. The number of hydrogen-bond donors (Lipinski definition) is 1. The first-order chi connectivity index (χ1) is 10.1. The molecule has 2 aromatic rings. The van der Waals surface area contributed by atoms with Gasteiger partial charge in [0, 0.05) is 13.1 Å². The van der Waals surface area contributed by atoms with Crippen molar-refractivity contribution in [3.63, 3.8) is 0 Å². The maximum absolute atomic E-state index is 13.5. The van der Waals surface area contributed by atoms with Crippen molar-refractivity contribution in [3.8, 4) is 17.7 Å². The summed E-state index contributed by atoms with van der Waals surface area (Å²) in [5.74, 6) is -1.17. The lowest BCUT2D eigenvalue weighted by atomic mass is 10.2. The predicted octanol–water partition coefficient (Wildman–Crippen LogP) is 2.23. The number of nitrogens with zero attached hydrogens (tertiary/aromatic N) is 4. The number of hydrogen-bond acceptors (Lipinski definition) is 7. The highest BCUT2D eigenvalue weighted by molar-refractivity contribution is 5.61. The molecule has 0 bridgehead atoms. The van der Waals surface area contributed by atoms with Crippen LogP contribution >= 0.6 is 0 Å². The van der Waals surface area contributed by atoms with Gasteiger partial charge in [-0.2, -0.15) is 10.2 Å². The van der Waals surface area contributed by atoms with Gasteiger partial charge in [-0.1, -0.05) is 0 Å². The van der Waals surface area contributed by atoms with Gasteiger partial charge < -0.3 is 10.1 Å². The molecule has 0 amide bonds. The Hall–Kier alpha value is -3.28. The van der Waals surface area contributed by atoms with Gasteiger partial charge >= 0.3 is 11.6 Å². The quantitative estimate of drug-likeness (QED) is 0.677. The summed E-state index contributed by atoms with van der Waals surface area (Å²) < 4.78 is 18.7. The van der Waals surface area contributed by atoms with Crippen LogP contribution in [0.1, 0.15) is 5.56 Å². The second-order valence-electron chi connectivity index (χ2n) is 3.74. The first kappa shape index (κ1) is 14.1. The SMILES string of the molecule is CNc1ncnc(Oc2ccc(C#N)c(F)c2)c1[N+](=O)[O-]. The summed E-state index contributed by atoms with van der Waals surface area (Å²) in [4.78, 5) is 17.7. The van der Waals surface area contributed by atoms with E-state index in [0.29, 0.717) is 0 Å². The molecule has 0 spiro atoms. The Morgan fingerprint density at radius 2 is 2.24 bits per heavy atom. The Labute approximate surface area is 118 Å². The summed E-state index contributed by atoms with van der Waals surface area (Å²) in [6.07, 6.45) is 1.08. The molecule has 0 radical (unpaired) electrons. The van der Waals surface area contributed by atoms with Crippen LogP contribution in [-0.4, -0.2) is 21.9 Å². The molecule has 8 nitrogen and oxygen atoms in total. The minimum Gasteiger partial charge on any atom is -0.433 e. The van der Waals surface area contributed by atoms with Gasteiger partial charge in [0.05, 0.1) is 10.5 Å². The van der Waals surface area contributed by atoms with E-state index in [1.165, 1.54) is 19.2 Å². The van der Waals surface area contributed by atoms with Gasteiger partial charge in [0.2, 0.25) is 5.82 Å². The summed E-state index contributed by atoms with van der Waals surface area (Å²) in [7, 11) is 1.46. The Bertz CT molecular complexity index is 744. The van der Waals surface area contributed by atoms with Gasteiger partial charge in [-0.3, -0.25) is 10.1 Å². The van der Waals surface area contributed by atoms with E-state index in [4.69, 9.17) is 10.00 Å². The number of ether oxygens (including phenoxy) is 1. The van der Waals surface area contributed by atoms with Crippen LogP contribution in [0.5, 0.6) is 11.6 Å². The minimum absolute atomic E-state index is 0.0182. The number of rotatable bonds is 4. The zero-order valence-corrected chi connectivity index (χ0v) is 10.7. The van der Waals surface area contributed by atoms with E-state index in [9.17, 15) is 14.5 Å². The summed E-state index contributed by atoms with van der Waals surface area (Å²) >= 11 is 0. The van der Waals surface area contributed by atoms with Crippen molar-refractivity contribution in [1.82, 2.24) is 9.97 Å². The second-order valence-corrected chi connectivity index (χ2v) is 3.74. The lowest BCUT2D eigenvalue weighted by Crippen LogP contribution is -2.03. The third kappa shape index (κ3) is 2.84. The average molecular weight is 289 g/mol. The van der Waals surface area contributed by atoms with E-state index in [-0.39, 0.29) is 23.0 Å². The van der Waals surface area contributed by atoms with Crippen LogP contribution in [0.2, 0.25) is 0 Å².